The molecule has 0 aromatic carbocycles. The van der Waals surface area contributed by atoms with E-state index in [0.29, 0.717) is 6.04 Å². The van der Waals surface area contributed by atoms with Crippen LogP contribution < -0.4 is 11.3 Å². The Morgan fingerprint density at radius 2 is 2.22 bits per heavy atom. The highest BCUT2D eigenvalue weighted by Gasteiger charge is 2.40. The second-order valence-electron chi connectivity index (χ2n) is 5.66. The Kier molecular flexibility index (Phi) is 4.16. The van der Waals surface area contributed by atoms with Gasteiger partial charge in [0.2, 0.25) is 0 Å². The molecule has 0 spiro atoms. The molecule has 3 rings (SSSR count). The van der Waals surface area contributed by atoms with Gasteiger partial charge in [-0.05, 0) is 81.4 Å². The fraction of sp³-hybridized carbons (Fsp3) is 0.692. The van der Waals surface area contributed by atoms with Crippen molar-refractivity contribution < 1.29 is 0 Å². The minimum Gasteiger partial charge on any atom is -0.271 e. The Bertz CT molecular complexity index is 415. The molecule has 2 aliphatic carbocycles. The second-order valence-corrected chi connectivity index (χ2v) is 8.92. The van der Waals surface area contributed by atoms with Crippen molar-refractivity contribution in [3.8, 4) is 0 Å². The van der Waals surface area contributed by atoms with Crippen molar-refractivity contribution in [3.63, 3.8) is 0 Å². The van der Waals surface area contributed by atoms with Crippen LogP contribution in [-0.4, -0.2) is 0 Å². The lowest BCUT2D eigenvalue weighted by atomic mass is 9.84. The van der Waals surface area contributed by atoms with E-state index in [9.17, 15) is 0 Å². The summed E-state index contributed by atoms with van der Waals surface area (Å²) in [7, 11) is 0. The van der Waals surface area contributed by atoms with Crippen LogP contribution in [0.4, 0.5) is 0 Å². The summed E-state index contributed by atoms with van der Waals surface area (Å²) in [5.41, 5.74) is 3.01. The molecule has 2 bridgehead atoms. The third-order valence-electron chi connectivity index (χ3n) is 4.63. The van der Waals surface area contributed by atoms with Crippen LogP contribution in [-0.2, 0) is 0 Å². The van der Waals surface area contributed by atoms with E-state index in [1.54, 1.807) is 11.3 Å². The maximum absolute atomic E-state index is 5.77. The summed E-state index contributed by atoms with van der Waals surface area (Å²) in [6, 6.07) is 2.49. The highest BCUT2D eigenvalue weighted by Crippen LogP contribution is 2.51. The van der Waals surface area contributed by atoms with Gasteiger partial charge in [0.1, 0.15) is 0 Å². The molecule has 1 aromatic rings. The minimum absolute atomic E-state index is 0.307. The van der Waals surface area contributed by atoms with Crippen LogP contribution in [0.15, 0.2) is 14.3 Å². The van der Waals surface area contributed by atoms with Crippen molar-refractivity contribution in [3.05, 3.63) is 19.2 Å². The summed E-state index contributed by atoms with van der Waals surface area (Å²) < 4.78 is 2.29. The Morgan fingerprint density at radius 1 is 1.39 bits per heavy atom. The van der Waals surface area contributed by atoms with Crippen LogP contribution in [0, 0.1) is 17.8 Å². The third kappa shape index (κ3) is 2.57. The molecule has 0 radical (unpaired) electrons. The number of rotatable bonds is 4. The number of hydrazine groups is 1. The molecule has 3 N–H and O–H groups in total. The molecule has 2 fully saturated rings. The number of fused-ring (bicyclic) bond motifs is 2. The molecule has 0 saturated heterocycles. The van der Waals surface area contributed by atoms with Crippen LogP contribution in [0.1, 0.15) is 43.0 Å². The molecule has 1 aromatic heterocycles. The Hall–Kier alpha value is 0.580. The molecule has 5 heteroatoms. The molecule has 2 aliphatic rings. The van der Waals surface area contributed by atoms with Crippen LogP contribution in [0.2, 0.25) is 0 Å². The SMILES string of the molecule is NNC(CC1CC2CCC1C2)c1cc(Br)c(Br)s1. The Balaban J connectivity index is 1.69. The summed E-state index contributed by atoms with van der Waals surface area (Å²) in [6.45, 7) is 0. The molecule has 2 nitrogen and oxygen atoms in total. The standard InChI is InChI=1S/C13H18Br2N2S/c14-10-6-12(18-13(10)15)11(17-16)5-9-4-7-1-2-8(9)3-7/h6-9,11,17H,1-5,16H2. The molecule has 4 atom stereocenters. The quantitative estimate of drug-likeness (QED) is 0.579. The number of nitrogens with two attached hydrogens (primary N) is 1. The van der Waals surface area contributed by atoms with Crippen molar-refractivity contribution in [2.45, 2.75) is 38.1 Å². The van der Waals surface area contributed by atoms with Crippen molar-refractivity contribution >= 4 is 43.2 Å². The zero-order valence-corrected chi connectivity index (χ0v) is 14.2. The van der Waals surface area contributed by atoms with Crippen LogP contribution in [0.3, 0.4) is 0 Å². The summed E-state index contributed by atoms with van der Waals surface area (Å²) in [6.07, 6.45) is 7.01. The van der Waals surface area contributed by atoms with Crippen LogP contribution in [0.25, 0.3) is 0 Å². The zero-order chi connectivity index (χ0) is 12.7. The predicted octanol–water partition coefficient (Wildman–Crippen LogP) is 4.60. The van der Waals surface area contributed by atoms with Gasteiger partial charge in [-0.1, -0.05) is 6.42 Å². The van der Waals surface area contributed by atoms with E-state index in [4.69, 9.17) is 5.84 Å². The van der Waals surface area contributed by atoms with Gasteiger partial charge in [-0.3, -0.25) is 11.3 Å². The third-order valence-corrected chi connectivity index (χ3v) is 8.00. The van der Waals surface area contributed by atoms with E-state index in [2.05, 4.69) is 43.4 Å². The second kappa shape index (κ2) is 5.52. The predicted molar refractivity (Wildman–Crippen MR) is 83.3 cm³/mol. The van der Waals surface area contributed by atoms with Crippen LogP contribution in [0.5, 0.6) is 0 Å². The topological polar surface area (TPSA) is 38.0 Å². The lowest BCUT2D eigenvalue weighted by Gasteiger charge is -2.25. The van der Waals surface area contributed by atoms with E-state index in [-0.39, 0.29) is 0 Å². The number of halogens is 2. The summed E-state index contributed by atoms with van der Waals surface area (Å²) in [5, 5.41) is 0. The van der Waals surface area contributed by atoms with Gasteiger partial charge in [0, 0.05) is 9.35 Å². The van der Waals surface area contributed by atoms with Crippen molar-refractivity contribution in [2.24, 2.45) is 23.6 Å². The summed E-state index contributed by atoms with van der Waals surface area (Å²) in [4.78, 5) is 1.33. The fourth-order valence-electron chi connectivity index (χ4n) is 3.77. The smallest absolute Gasteiger partial charge is 0.0843 e. The maximum atomic E-state index is 5.77. The normalized spacial score (nSPS) is 32.1. The average molecular weight is 394 g/mol. The van der Waals surface area contributed by atoms with Crippen molar-refractivity contribution in [1.82, 2.24) is 5.43 Å². The van der Waals surface area contributed by atoms with Gasteiger partial charge in [0.05, 0.1) is 9.83 Å². The molecule has 0 amide bonds. The van der Waals surface area contributed by atoms with E-state index < -0.39 is 0 Å². The number of hydrogen-bond acceptors (Lipinski definition) is 3. The summed E-state index contributed by atoms with van der Waals surface area (Å²) in [5.74, 6) is 8.63. The molecule has 0 aliphatic heterocycles. The Labute approximate surface area is 129 Å². The number of nitrogens with one attached hydrogen (secondary N) is 1. The maximum Gasteiger partial charge on any atom is 0.0843 e. The van der Waals surface area contributed by atoms with Gasteiger partial charge < -0.3 is 0 Å². The minimum atomic E-state index is 0.307. The molecule has 100 valence electrons. The van der Waals surface area contributed by atoms with Gasteiger partial charge in [0.15, 0.2) is 0 Å². The molecule has 2 saturated carbocycles. The van der Waals surface area contributed by atoms with E-state index >= 15 is 0 Å². The van der Waals surface area contributed by atoms with Gasteiger partial charge >= 0.3 is 0 Å². The summed E-state index contributed by atoms with van der Waals surface area (Å²) >= 11 is 8.89. The molecule has 4 unspecified atom stereocenters. The van der Waals surface area contributed by atoms with Gasteiger partial charge in [-0.25, -0.2) is 0 Å². The molecular formula is C13H18Br2N2S. The first kappa shape index (κ1) is 13.6. The highest BCUT2D eigenvalue weighted by molar-refractivity contribution is 9.13. The van der Waals surface area contributed by atoms with E-state index in [0.717, 1.165) is 26.0 Å². The van der Waals surface area contributed by atoms with Crippen LogP contribution >= 0.6 is 43.2 Å². The zero-order valence-electron chi connectivity index (χ0n) is 10.2. The molecular weight excluding hydrogens is 376 g/mol. The fourth-order valence-corrected chi connectivity index (χ4v) is 5.93. The number of thiophene rings is 1. The first-order valence-electron chi connectivity index (χ1n) is 6.58. The molecule has 1 heterocycles. The van der Waals surface area contributed by atoms with E-state index in [1.807, 2.05) is 0 Å². The monoisotopic (exact) mass is 392 g/mol. The number of hydrogen-bond donors (Lipinski definition) is 2. The van der Waals surface area contributed by atoms with Gasteiger partial charge in [0.25, 0.3) is 0 Å². The first-order chi connectivity index (χ1) is 8.67. The Morgan fingerprint density at radius 3 is 2.72 bits per heavy atom. The van der Waals surface area contributed by atoms with Crippen molar-refractivity contribution in [2.75, 3.05) is 0 Å². The largest absolute Gasteiger partial charge is 0.271 e. The van der Waals surface area contributed by atoms with Gasteiger partial charge in [-0.15, -0.1) is 11.3 Å². The first-order valence-corrected chi connectivity index (χ1v) is 8.98. The highest BCUT2D eigenvalue weighted by atomic mass is 79.9. The van der Waals surface area contributed by atoms with E-state index in [1.165, 1.54) is 37.0 Å². The molecule has 18 heavy (non-hydrogen) atoms. The lowest BCUT2D eigenvalue weighted by Crippen LogP contribution is -2.30. The average Bonchev–Trinajstić information content (AvgIpc) is 3.03. The lowest BCUT2D eigenvalue weighted by molar-refractivity contribution is 0.281. The van der Waals surface area contributed by atoms with Gasteiger partial charge in [-0.2, -0.15) is 0 Å². The van der Waals surface area contributed by atoms with Crippen molar-refractivity contribution in [1.29, 1.82) is 0 Å².